The van der Waals surface area contributed by atoms with Crippen molar-refractivity contribution < 1.29 is 24.6 Å². The number of carbonyl (C=O) groups excluding carboxylic acids is 2. The van der Waals surface area contributed by atoms with E-state index in [-0.39, 0.29) is 5.78 Å². The Bertz CT molecular complexity index is 615. The number of carboxylic acid groups (broad SMARTS) is 1. The number of rotatable bonds is 9. The lowest BCUT2D eigenvalue weighted by atomic mass is 9.72. The lowest BCUT2D eigenvalue weighted by molar-refractivity contribution is -0.149. The van der Waals surface area contributed by atoms with Crippen LogP contribution in [0.2, 0.25) is 0 Å². The first kappa shape index (κ1) is 20.8. The van der Waals surface area contributed by atoms with Crippen molar-refractivity contribution in [2.75, 3.05) is 0 Å². The van der Waals surface area contributed by atoms with Crippen LogP contribution in [0.3, 0.4) is 0 Å². The number of amides is 1. The van der Waals surface area contributed by atoms with Gasteiger partial charge in [-0.25, -0.2) is 5.43 Å². The second-order valence-corrected chi connectivity index (χ2v) is 6.54. The molecule has 0 fully saturated rings. The Labute approximate surface area is 147 Å². The SMILES string of the molecule is CCC(C(=O)C(C)(C)C(O)C(NNC(C)=O)C(=O)O)c1ccccc1. The number of nitrogens with one attached hydrogen (secondary N) is 2. The summed E-state index contributed by atoms with van der Waals surface area (Å²) in [5, 5.41) is 19.9. The van der Waals surface area contributed by atoms with Crippen molar-refractivity contribution in [2.24, 2.45) is 5.41 Å². The third-order valence-electron chi connectivity index (χ3n) is 4.29. The fourth-order valence-electron chi connectivity index (χ4n) is 2.72. The number of carboxylic acids is 1. The molecule has 7 heteroatoms. The Morgan fingerprint density at radius 1 is 1.16 bits per heavy atom. The zero-order valence-corrected chi connectivity index (χ0v) is 14.9. The molecule has 0 bridgehead atoms. The van der Waals surface area contributed by atoms with Gasteiger partial charge in [-0.05, 0) is 12.0 Å². The van der Waals surface area contributed by atoms with E-state index in [1.165, 1.54) is 20.8 Å². The van der Waals surface area contributed by atoms with Crippen LogP contribution in [-0.2, 0) is 14.4 Å². The highest BCUT2D eigenvalue weighted by Crippen LogP contribution is 2.34. The van der Waals surface area contributed by atoms with Gasteiger partial charge in [-0.15, -0.1) is 0 Å². The largest absolute Gasteiger partial charge is 0.480 e. The first-order chi connectivity index (χ1) is 11.6. The van der Waals surface area contributed by atoms with Crippen molar-refractivity contribution in [3.05, 3.63) is 35.9 Å². The van der Waals surface area contributed by atoms with Gasteiger partial charge in [0.15, 0.2) is 6.04 Å². The number of aliphatic hydroxyl groups is 1. The van der Waals surface area contributed by atoms with Crippen LogP contribution < -0.4 is 10.9 Å². The standard InChI is InChI=1S/C18H26N2O5/c1-5-13(12-9-7-6-8-10-12)15(22)18(3,4)16(23)14(17(24)25)20-19-11(2)21/h6-10,13-14,16,20,23H,5H2,1-4H3,(H,19,21)(H,24,25). The molecular weight excluding hydrogens is 324 g/mol. The van der Waals surface area contributed by atoms with Crippen molar-refractivity contribution in [1.82, 2.24) is 10.9 Å². The molecule has 3 atom stereocenters. The summed E-state index contributed by atoms with van der Waals surface area (Å²) in [4.78, 5) is 35.5. The van der Waals surface area contributed by atoms with Gasteiger partial charge >= 0.3 is 5.97 Å². The van der Waals surface area contributed by atoms with E-state index in [9.17, 15) is 24.6 Å². The summed E-state index contributed by atoms with van der Waals surface area (Å²) in [6.07, 6.45) is -1.02. The fraction of sp³-hybridized carbons (Fsp3) is 0.500. The lowest BCUT2D eigenvalue weighted by Gasteiger charge is -2.35. The smallest absolute Gasteiger partial charge is 0.325 e. The number of carbonyl (C=O) groups is 3. The molecule has 0 spiro atoms. The van der Waals surface area contributed by atoms with Crippen LogP contribution in [0.25, 0.3) is 0 Å². The van der Waals surface area contributed by atoms with Crippen LogP contribution in [0.15, 0.2) is 30.3 Å². The maximum Gasteiger partial charge on any atom is 0.325 e. The first-order valence-corrected chi connectivity index (χ1v) is 8.15. The number of benzene rings is 1. The molecule has 3 unspecified atom stereocenters. The van der Waals surface area contributed by atoms with E-state index in [0.717, 1.165) is 5.56 Å². The number of aliphatic carboxylic acids is 1. The van der Waals surface area contributed by atoms with Crippen molar-refractivity contribution in [2.45, 2.75) is 52.2 Å². The molecule has 4 N–H and O–H groups in total. The zero-order valence-electron chi connectivity index (χ0n) is 14.9. The Morgan fingerprint density at radius 2 is 1.72 bits per heavy atom. The summed E-state index contributed by atoms with van der Waals surface area (Å²) in [6.45, 7) is 6.09. The van der Waals surface area contributed by atoms with Crippen molar-refractivity contribution >= 4 is 17.7 Å². The van der Waals surface area contributed by atoms with Crippen LogP contribution in [0.1, 0.15) is 45.6 Å². The van der Waals surface area contributed by atoms with Crippen molar-refractivity contribution in [1.29, 1.82) is 0 Å². The van der Waals surface area contributed by atoms with Crippen molar-refractivity contribution in [3.8, 4) is 0 Å². The molecule has 0 aliphatic rings. The number of hydrazine groups is 1. The van der Waals surface area contributed by atoms with Crippen LogP contribution in [0.5, 0.6) is 0 Å². The van der Waals surface area contributed by atoms with Crippen LogP contribution in [0, 0.1) is 5.41 Å². The number of ketones is 1. The van der Waals surface area contributed by atoms with E-state index in [1.54, 1.807) is 0 Å². The van der Waals surface area contributed by atoms with E-state index < -0.39 is 35.4 Å². The summed E-state index contributed by atoms with van der Waals surface area (Å²) in [7, 11) is 0. The first-order valence-electron chi connectivity index (χ1n) is 8.15. The molecular formula is C18H26N2O5. The quantitative estimate of drug-likeness (QED) is 0.498. The molecule has 1 amide bonds. The second kappa shape index (κ2) is 8.73. The van der Waals surface area contributed by atoms with Crippen LogP contribution in [0.4, 0.5) is 0 Å². The molecule has 1 aromatic rings. The van der Waals surface area contributed by atoms with Crippen LogP contribution >= 0.6 is 0 Å². The minimum atomic E-state index is -1.54. The topological polar surface area (TPSA) is 116 Å². The maximum absolute atomic E-state index is 13.0. The summed E-state index contributed by atoms with van der Waals surface area (Å²) in [5.74, 6) is -2.58. The summed E-state index contributed by atoms with van der Waals surface area (Å²) in [5.41, 5.74) is 3.90. The average molecular weight is 350 g/mol. The lowest BCUT2D eigenvalue weighted by Crippen LogP contribution is -2.59. The molecule has 1 aromatic carbocycles. The minimum absolute atomic E-state index is 0.260. The molecule has 0 saturated carbocycles. The normalized spacial score (nSPS) is 15.1. The Morgan fingerprint density at radius 3 is 2.16 bits per heavy atom. The van der Waals surface area contributed by atoms with Gasteiger partial charge in [0.2, 0.25) is 5.91 Å². The Balaban J connectivity index is 3.07. The highest BCUT2D eigenvalue weighted by molar-refractivity contribution is 5.92. The third kappa shape index (κ3) is 5.11. The Kier molecular flexibility index (Phi) is 7.26. The highest BCUT2D eigenvalue weighted by Gasteiger charge is 2.45. The summed E-state index contributed by atoms with van der Waals surface area (Å²) in [6, 6.07) is 7.65. The third-order valence-corrected chi connectivity index (χ3v) is 4.29. The van der Waals surface area contributed by atoms with Gasteiger partial charge in [0, 0.05) is 12.8 Å². The van der Waals surface area contributed by atoms with E-state index in [1.807, 2.05) is 37.3 Å². The zero-order chi connectivity index (χ0) is 19.2. The van der Waals surface area contributed by atoms with Crippen molar-refractivity contribution in [3.63, 3.8) is 0 Å². The molecule has 138 valence electrons. The van der Waals surface area contributed by atoms with E-state index in [0.29, 0.717) is 6.42 Å². The van der Waals surface area contributed by atoms with E-state index in [4.69, 9.17) is 0 Å². The number of aliphatic hydroxyl groups excluding tert-OH is 1. The summed E-state index contributed by atoms with van der Waals surface area (Å²) < 4.78 is 0. The summed E-state index contributed by atoms with van der Waals surface area (Å²) >= 11 is 0. The van der Waals surface area contributed by atoms with Gasteiger partial charge in [0.05, 0.1) is 11.5 Å². The molecule has 25 heavy (non-hydrogen) atoms. The van der Waals surface area contributed by atoms with Gasteiger partial charge in [-0.1, -0.05) is 51.1 Å². The molecule has 0 aromatic heterocycles. The van der Waals surface area contributed by atoms with Gasteiger partial charge in [0.1, 0.15) is 5.78 Å². The Hall–Kier alpha value is -2.25. The molecule has 0 saturated heterocycles. The van der Waals surface area contributed by atoms with E-state index >= 15 is 0 Å². The highest BCUT2D eigenvalue weighted by atomic mass is 16.4. The maximum atomic E-state index is 13.0. The predicted molar refractivity (Wildman–Crippen MR) is 92.6 cm³/mol. The van der Waals surface area contributed by atoms with Gasteiger partial charge in [0.25, 0.3) is 0 Å². The monoisotopic (exact) mass is 350 g/mol. The molecule has 0 radical (unpaired) electrons. The van der Waals surface area contributed by atoms with E-state index in [2.05, 4.69) is 10.9 Å². The number of hydrogen-bond donors (Lipinski definition) is 4. The number of Topliss-reactive ketones (excluding diaryl/α,β-unsaturated/α-hetero) is 1. The fourth-order valence-corrected chi connectivity index (χ4v) is 2.72. The predicted octanol–water partition coefficient (Wildman–Crippen LogP) is 1.23. The molecule has 0 aliphatic heterocycles. The van der Waals surface area contributed by atoms with Gasteiger partial charge < -0.3 is 10.2 Å². The average Bonchev–Trinajstić information content (AvgIpc) is 2.55. The molecule has 0 heterocycles. The molecule has 0 aliphatic carbocycles. The minimum Gasteiger partial charge on any atom is -0.480 e. The van der Waals surface area contributed by atoms with Crippen LogP contribution in [-0.4, -0.2) is 40.0 Å². The molecule has 1 rings (SSSR count). The second-order valence-electron chi connectivity index (χ2n) is 6.54. The molecule has 7 nitrogen and oxygen atoms in total. The van der Waals surface area contributed by atoms with Gasteiger partial charge in [-0.3, -0.25) is 19.8 Å². The van der Waals surface area contributed by atoms with Gasteiger partial charge in [-0.2, -0.15) is 0 Å². The number of hydrogen-bond acceptors (Lipinski definition) is 5.